The predicted molar refractivity (Wildman–Crippen MR) is 57.8 cm³/mol. The van der Waals surface area contributed by atoms with Gasteiger partial charge in [0.25, 0.3) is 0 Å². The van der Waals surface area contributed by atoms with Gasteiger partial charge in [0.15, 0.2) is 0 Å². The number of nitrogens with one attached hydrogen (secondary N) is 1. The summed E-state index contributed by atoms with van der Waals surface area (Å²) in [6.45, 7) is 1.93. The highest BCUT2D eigenvalue weighted by atomic mass is 19.4. The molecule has 1 atom stereocenters. The van der Waals surface area contributed by atoms with E-state index in [9.17, 15) is 13.2 Å². The maximum Gasteiger partial charge on any atom is 0.390 e. The number of halogens is 3. The molecule has 5 heteroatoms. The number of anilines is 1. The third kappa shape index (κ3) is 5.02. The fourth-order valence-electron chi connectivity index (χ4n) is 1.35. The summed E-state index contributed by atoms with van der Waals surface area (Å²) in [7, 11) is 0. The number of nitrogens with two attached hydrogens (primary N) is 1. The van der Waals surface area contributed by atoms with E-state index in [2.05, 4.69) is 5.32 Å². The van der Waals surface area contributed by atoms with Crippen LogP contribution >= 0.6 is 0 Å². The lowest BCUT2D eigenvalue weighted by molar-refractivity contribution is -0.139. The monoisotopic (exact) mass is 232 g/mol. The van der Waals surface area contributed by atoms with Crippen LogP contribution in [0.15, 0.2) is 24.3 Å². The number of nitrogen functional groups attached to an aromatic ring is 1. The van der Waals surface area contributed by atoms with Crippen molar-refractivity contribution in [3.8, 4) is 0 Å². The van der Waals surface area contributed by atoms with Crippen LogP contribution in [0, 0.1) is 0 Å². The highest BCUT2D eigenvalue weighted by Gasteiger charge is 2.29. The Hall–Kier alpha value is -1.23. The van der Waals surface area contributed by atoms with Crippen molar-refractivity contribution in [2.24, 2.45) is 0 Å². The first kappa shape index (κ1) is 12.8. The van der Waals surface area contributed by atoms with Gasteiger partial charge in [0.2, 0.25) is 0 Å². The van der Waals surface area contributed by atoms with Gasteiger partial charge in [0.1, 0.15) is 0 Å². The highest BCUT2D eigenvalue weighted by molar-refractivity contribution is 5.39. The SMILES string of the molecule is CC(CC(F)(F)F)NCc1ccc(N)cc1. The Balaban J connectivity index is 2.37. The van der Waals surface area contributed by atoms with E-state index in [4.69, 9.17) is 5.73 Å². The Labute approximate surface area is 92.6 Å². The van der Waals surface area contributed by atoms with Gasteiger partial charge in [-0.2, -0.15) is 13.2 Å². The third-order valence-corrected chi connectivity index (χ3v) is 2.17. The first-order valence-corrected chi connectivity index (χ1v) is 5.01. The van der Waals surface area contributed by atoms with Gasteiger partial charge in [-0.25, -0.2) is 0 Å². The molecule has 3 N–H and O–H groups in total. The largest absolute Gasteiger partial charge is 0.399 e. The van der Waals surface area contributed by atoms with Crippen LogP contribution in [0.5, 0.6) is 0 Å². The molecule has 0 saturated carbocycles. The van der Waals surface area contributed by atoms with Crippen LogP contribution < -0.4 is 11.1 Å². The van der Waals surface area contributed by atoms with Crippen LogP contribution in [-0.2, 0) is 6.54 Å². The number of hydrogen-bond acceptors (Lipinski definition) is 2. The van der Waals surface area contributed by atoms with Gasteiger partial charge >= 0.3 is 6.18 Å². The lowest BCUT2D eigenvalue weighted by Gasteiger charge is -2.15. The summed E-state index contributed by atoms with van der Waals surface area (Å²) in [4.78, 5) is 0. The fourth-order valence-corrected chi connectivity index (χ4v) is 1.35. The zero-order chi connectivity index (χ0) is 12.2. The molecule has 0 amide bonds. The average Bonchev–Trinajstić information content (AvgIpc) is 2.14. The normalized spacial score (nSPS) is 13.8. The highest BCUT2D eigenvalue weighted by Crippen LogP contribution is 2.21. The summed E-state index contributed by atoms with van der Waals surface area (Å²) in [5.41, 5.74) is 7.06. The Morgan fingerprint density at radius 1 is 1.25 bits per heavy atom. The van der Waals surface area contributed by atoms with Crippen molar-refractivity contribution in [3.05, 3.63) is 29.8 Å². The first-order valence-electron chi connectivity index (χ1n) is 5.01. The maximum atomic E-state index is 12.0. The van der Waals surface area contributed by atoms with E-state index in [1.807, 2.05) is 0 Å². The van der Waals surface area contributed by atoms with E-state index >= 15 is 0 Å². The number of benzene rings is 1. The van der Waals surface area contributed by atoms with E-state index < -0.39 is 18.6 Å². The standard InChI is InChI=1S/C11H15F3N2/c1-8(6-11(12,13)14)16-7-9-2-4-10(15)5-3-9/h2-5,8,16H,6-7,15H2,1H3. The second kappa shape index (κ2) is 5.21. The Morgan fingerprint density at radius 3 is 2.31 bits per heavy atom. The molecular weight excluding hydrogens is 217 g/mol. The summed E-state index contributed by atoms with van der Waals surface area (Å²) in [5.74, 6) is 0. The molecule has 0 bridgehead atoms. The molecule has 0 radical (unpaired) electrons. The van der Waals surface area contributed by atoms with Gasteiger partial charge in [0, 0.05) is 18.3 Å². The Kier molecular flexibility index (Phi) is 4.18. The lowest BCUT2D eigenvalue weighted by atomic mass is 10.2. The second-order valence-corrected chi connectivity index (χ2v) is 3.84. The van der Waals surface area contributed by atoms with Crippen molar-refractivity contribution < 1.29 is 13.2 Å². The summed E-state index contributed by atoms with van der Waals surface area (Å²) in [6.07, 6.45) is -4.94. The average molecular weight is 232 g/mol. The van der Waals surface area contributed by atoms with E-state index in [0.717, 1.165) is 5.56 Å². The Bertz CT molecular complexity index is 319. The quantitative estimate of drug-likeness (QED) is 0.783. The van der Waals surface area contributed by atoms with Gasteiger partial charge < -0.3 is 11.1 Å². The maximum absolute atomic E-state index is 12.0. The molecule has 16 heavy (non-hydrogen) atoms. The molecule has 0 heterocycles. The molecule has 0 saturated heterocycles. The minimum absolute atomic E-state index is 0.414. The minimum Gasteiger partial charge on any atom is -0.399 e. The summed E-state index contributed by atoms with van der Waals surface area (Å²) in [6, 6.07) is 6.46. The van der Waals surface area contributed by atoms with E-state index in [1.165, 1.54) is 6.92 Å². The van der Waals surface area contributed by atoms with Crippen LogP contribution in [0.2, 0.25) is 0 Å². The van der Waals surface area contributed by atoms with Crippen molar-refractivity contribution in [1.29, 1.82) is 0 Å². The molecule has 1 aromatic carbocycles. The van der Waals surface area contributed by atoms with Crippen LogP contribution in [0.4, 0.5) is 18.9 Å². The van der Waals surface area contributed by atoms with Gasteiger partial charge in [-0.3, -0.25) is 0 Å². The van der Waals surface area contributed by atoms with E-state index in [-0.39, 0.29) is 0 Å². The first-order chi connectivity index (χ1) is 7.37. The molecule has 0 fully saturated rings. The molecular formula is C11H15F3N2. The van der Waals surface area contributed by atoms with Crippen LogP contribution in [-0.4, -0.2) is 12.2 Å². The van der Waals surface area contributed by atoms with Crippen molar-refractivity contribution in [1.82, 2.24) is 5.32 Å². The molecule has 1 unspecified atom stereocenters. The van der Waals surface area contributed by atoms with Gasteiger partial charge in [-0.1, -0.05) is 12.1 Å². The zero-order valence-corrected chi connectivity index (χ0v) is 9.01. The summed E-state index contributed by atoms with van der Waals surface area (Å²) >= 11 is 0. The van der Waals surface area contributed by atoms with Crippen molar-refractivity contribution in [3.63, 3.8) is 0 Å². The molecule has 1 rings (SSSR count). The van der Waals surface area contributed by atoms with Gasteiger partial charge in [-0.05, 0) is 24.6 Å². The van der Waals surface area contributed by atoms with Crippen LogP contribution in [0.25, 0.3) is 0 Å². The zero-order valence-electron chi connectivity index (χ0n) is 9.01. The third-order valence-electron chi connectivity index (χ3n) is 2.17. The minimum atomic E-state index is -4.12. The summed E-state index contributed by atoms with van der Waals surface area (Å²) in [5, 5.41) is 2.81. The predicted octanol–water partition coefficient (Wildman–Crippen LogP) is 2.70. The molecule has 2 nitrogen and oxygen atoms in total. The lowest BCUT2D eigenvalue weighted by Crippen LogP contribution is -2.30. The van der Waals surface area contributed by atoms with Crippen molar-refractivity contribution in [2.75, 3.05) is 5.73 Å². The molecule has 0 aromatic heterocycles. The Morgan fingerprint density at radius 2 is 1.81 bits per heavy atom. The summed E-state index contributed by atoms with van der Waals surface area (Å²) < 4.78 is 36.1. The number of alkyl halides is 3. The van der Waals surface area contributed by atoms with Crippen LogP contribution in [0.1, 0.15) is 18.9 Å². The smallest absolute Gasteiger partial charge is 0.390 e. The molecule has 0 aliphatic carbocycles. The van der Waals surface area contributed by atoms with E-state index in [1.54, 1.807) is 24.3 Å². The fraction of sp³-hybridized carbons (Fsp3) is 0.455. The molecule has 0 spiro atoms. The number of rotatable bonds is 4. The molecule has 0 aliphatic heterocycles. The molecule has 1 aromatic rings. The van der Waals surface area contributed by atoms with Crippen LogP contribution in [0.3, 0.4) is 0 Å². The topological polar surface area (TPSA) is 38.0 Å². The van der Waals surface area contributed by atoms with Gasteiger partial charge in [-0.15, -0.1) is 0 Å². The molecule has 90 valence electrons. The van der Waals surface area contributed by atoms with Crippen molar-refractivity contribution in [2.45, 2.75) is 32.1 Å². The van der Waals surface area contributed by atoms with E-state index in [0.29, 0.717) is 12.2 Å². The number of hydrogen-bond donors (Lipinski definition) is 2. The molecule has 0 aliphatic rings. The van der Waals surface area contributed by atoms with Gasteiger partial charge in [0.05, 0.1) is 6.42 Å². The van der Waals surface area contributed by atoms with Crippen molar-refractivity contribution >= 4 is 5.69 Å². The second-order valence-electron chi connectivity index (χ2n) is 3.84.